The maximum atomic E-state index is 13.1. The molecule has 1 aromatic rings. The van der Waals surface area contributed by atoms with Crippen LogP contribution < -0.4 is 0 Å². The van der Waals surface area contributed by atoms with E-state index in [1.54, 1.807) is 0 Å². The number of rotatable bonds is 9. The summed E-state index contributed by atoms with van der Waals surface area (Å²) in [4.78, 5) is 29.6. The highest BCUT2D eigenvalue weighted by Gasteiger charge is 2.39. The Labute approximate surface area is 234 Å². The third-order valence-electron chi connectivity index (χ3n) is 7.27. The Kier molecular flexibility index (Phi) is 11.6. The van der Waals surface area contributed by atoms with Gasteiger partial charge in [0, 0.05) is 26.1 Å². The molecular weight excluding hydrogens is 472 g/mol. The van der Waals surface area contributed by atoms with Gasteiger partial charge in [-0.1, -0.05) is 107 Å². The lowest BCUT2D eigenvalue weighted by Crippen LogP contribution is -2.38. The van der Waals surface area contributed by atoms with Crippen LogP contribution in [-0.4, -0.2) is 47.9 Å². The summed E-state index contributed by atoms with van der Waals surface area (Å²) in [5, 5.41) is 0. The van der Waals surface area contributed by atoms with Crippen molar-refractivity contribution in [1.29, 1.82) is 0 Å². The van der Waals surface area contributed by atoms with E-state index in [2.05, 4.69) is 91.1 Å². The molecule has 0 radical (unpaired) electrons. The largest absolute Gasteiger partial charge is 0.358 e. The Morgan fingerprint density at radius 1 is 0.974 bits per heavy atom. The van der Waals surface area contributed by atoms with Crippen molar-refractivity contribution in [2.24, 2.45) is 16.7 Å². The third-order valence-corrected chi connectivity index (χ3v) is 7.27. The quantitative estimate of drug-likeness (QED) is 0.243. The fraction of sp³-hybridized carbons (Fsp3) is 0.697. The molecule has 5 nitrogen and oxygen atoms in total. The zero-order chi connectivity index (χ0) is 26.9. The van der Waals surface area contributed by atoms with Gasteiger partial charge in [-0.3, -0.25) is 19.4 Å². The summed E-state index contributed by atoms with van der Waals surface area (Å²) >= 11 is 0. The lowest BCUT2D eigenvalue weighted by Gasteiger charge is -2.33. The van der Waals surface area contributed by atoms with Gasteiger partial charge in [0.25, 0.3) is 0 Å². The van der Waals surface area contributed by atoms with E-state index in [4.69, 9.17) is 4.74 Å². The minimum atomic E-state index is -0.272. The van der Waals surface area contributed by atoms with Gasteiger partial charge in [-0.05, 0) is 46.6 Å². The molecule has 2 unspecified atom stereocenters. The van der Waals surface area contributed by atoms with Crippen molar-refractivity contribution in [3.05, 3.63) is 47.5 Å². The smallest absolute Gasteiger partial charge is 0.233 e. The van der Waals surface area contributed by atoms with Crippen LogP contribution in [0.1, 0.15) is 113 Å². The molecule has 2 atom stereocenters. The topological polar surface area (TPSA) is 49.9 Å². The van der Waals surface area contributed by atoms with E-state index in [0.29, 0.717) is 32.5 Å². The van der Waals surface area contributed by atoms with Crippen LogP contribution >= 0.6 is 0 Å². The highest BCUT2D eigenvalue weighted by atomic mass is 16.5. The van der Waals surface area contributed by atoms with Gasteiger partial charge >= 0.3 is 0 Å². The van der Waals surface area contributed by atoms with E-state index < -0.39 is 0 Å². The predicted octanol–water partition coefficient (Wildman–Crippen LogP) is 7.76. The third kappa shape index (κ3) is 9.05. The highest BCUT2D eigenvalue weighted by molar-refractivity contribution is 6.03. The number of amides is 2. The van der Waals surface area contributed by atoms with Crippen LogP contribution in [0.4, 0.5) is 0 Å². The summed E-state index contributed by atoms with van der Waals surface area (Å²) in [6, 6.07) is 8.61. The normalized spacial score (nSPS) is 20.9. The van der Waals surface area contributed by atoms with Crippen molar-refractivity contribution in [2.45, 2.75) is 108 Å². The van der Waals surface area contributed by atoms with Gasteiger partial charge in [-0.15, -0.1) is 0 Å². The number of hydrogen-bond acceptors (Lipinski definition) is 4. The second-order valence-corrected chi connectivity index (χ2v) is 13.9. The predicted molar refractivity (Wildman–Crippen MR) is 160 cm³/mol. The minimum absolute atomic E-state index is 0. The number of carbonyl (C=O) groups is 2. The molecule has 2 fully saturated rings. The fourth-order valence-corrected chi connectivity index (χ4v) is 6.16. The Morgan fingerprint density at radius 3 is 2.13 bits per heavy atom. The SMILES string of the molecule is C.C.C=C(CC1CC(=O)N(CCN2CCOC2c2ccc(C(C)(C)C)cc2)C1=O)CC(C)(C)CC(C)(C)C. The molecule has 0 aromatic heterocycles. The zero-order valence-electron chi connectivity index (χ0n) is 23.9. The number of allylic oxidation sites excluding steroid dienone is 1. The second-order valence-electron chi connectivity index (χ2n) is 13.9. The van der Waals surface area contributed by atoms with Crippen molar-refractivity contribution in [2.75, 3.05) is 26.2 Å². The number of nitrogens with zero attached hydrogens (tertiary/aromatic N) is 2. The first-order valence-electron chi connectivity index (χ1n) is 13.5. The van der Waals surface area contributed by atoms with Gasteiger partial charge < -0.3 is 4.74 Å². The van der Waals surface area contributed by atoms with Crippen LogP contribution in [0.3, 0.4) is 0 Å². The lowest BCUT2D eigenvalue weighted by molar-refractivity contribution is -0.139. The van der Waals surface area contributed by atoms with E-state index in [9.17, 15) is 9.59 Å². The number of benzene rings is 1. The summed E-state index contributed by atoms with van der Waals surface area (Å²) < 4.78 is 6.03. The standard InChI is InChI=1S/C31H48N2O3.2CH4/c1-22(20-31(8,9)21-29(2,3)4)18-24-19-26(34)33(27(24)35)15-14-32-16-17-36-28(32)23-10-12-25(13-11-23)30(5,6)7;;/h10-13,24,28H,1,14-21H2,2-9H3;2*1H4. The Morgan fingerprint density at radius 2 is 1.58 bits per heavy atom. The molecule has 2 heterocycles. The van der Waals surface area contributed by atoms with E-state index in [1.807, 2.05) is 0 Å². The Hall–Kier alpha value is -1.98. The maximum absolute atomic E-state index is 13.1. The second kappa shape index (κ2) is 12.9. The molecule has 0 N–H and O–H groups in total. The molecule has 1 aromatic carbocycles. The summed E-state index contributed by atoms with van der Waals surface area (Å²) in [5.41, 5.74) is 3.95. The molecule has 0 saturated carbocycles. The van der Waals surface area contributed by atoms with E-state index in [0.717, 1.165) is 30.5 Å². The van der Waals surface area contributed by atoms with Crippen molar-refractivity contribution in [1.82, 2.24) is 9.80 Å². The Bertz CT molecular complexity index is 950. The van der Waals surface area contributed by atoms with Crippen LogP contribution in [-0.2, 0) is 19.7 Å². The van der Waals surface area contributed by atoms with Crippen molar-refractivity contribution >= 4 is 11.8 Å². The van der Waals surface area contributed by atoms with Gasteiger partial charge in [0.2, 0.25) is 11.8 Å². The number of likely N-dealkylation sites (tertiary alicyclic amines) is 1. The van der Waals surface area contributed by atoms with E-state index in [-0.39, 0.29) is 55.1 Å². The first-order chi connectivity index (χ1) is 16.6. The van der Waals surface area contributed by atoms with Crippen LogP contribution in [0.5, 0.6) is 0 Å². The number of ether oxygens (including phenoxy) is 1. The molecule has 2 amide bonds. The van der Waals surface area contributed by atoms with Gasteiger partial charge in [-0.2, -0.15) is 0 Å². The van der Waals surface area contributed by atoms with E-state index in [1.165, 1.54) is 10.5 Å². The molecule has 0 bridgehead atoms. The average molecular weight is 529 g/mol. The first-order valence-corrected chi connectivity index (χ1v) is 13.5. The van der Waals surface area contributed by atoms with Crippen LogP contribution in [0.25, 0.3) is 0 Å². The van der Waals surface area contributed by atoms with Gasteiger partial charge in [-0.25, -0.2) is 0 Å². The van der Waals surface area contributed by atoms with Crippen molar-refractivity contribution in [3.63, 3.8) is 0 Å². The molecule has 216 valence electrons. The number of hydrogen-bond donors (Lipinski definition) is 0. The van der Waals surface area contributed by atoms with Crippen molar-refractivity contribution in [3.8, 4) is 0 Å². The van der Waals surface area contributed by atoms with Crippen LogP contribution in [0.15, 0.2) is 36.4 Å². The molecular formula is C33H56N2O3. The van der Waals surface area contributed by atoms with Crippen LogP contribution in [0, 0.1) is 16.7 Å². The molecule has 38 heavy (non-hydrogen) atoms. The van der Waals surface area contributed by atoms with E-state index >= 15 is 0 Å². The van der Waals surface area contributed by atoms with Gasteiger partial charge in [0.1, 0.15) is 6.23 Å². The molecule has 5 heteroatoms. The average Bonchev–Trinajstić information content (AvgIpc) is 3.28. The monoisotopic (exact) mass is 528 g/mol. The van der Waals surface area contributed by atoms with Gasteiger partial charge in [0.15, 0.2) is 0 Å². The molecule has 0 spiro atoms. The summed E-state index contributed by atoms with van der Waals surface area (Å²) in [6.07, 6.45) is 2.73. The molecule has 2 aliphatic rings. The lowest BCUT2D eigenvalue weighted by atomic mass is 9.72. The zero-order valence-corrected chi connectivity index (χ0v) is 23.9. The summed E-state index contributed by atoms with van der Waals surface area (Å²) in [7, 11) is 0. The molecule has 2 saturated heterocycles. The molecule has 2 aliphatic heterocycles. The maximum Gasteiger partial charge on any atom is 0.233 e. The number of imide groups is 1. The minimum Gasteiger partial charge on any atom is -0.358 e. The number of carbonyl (C=O) groups excluding carboxylic acids is 2. The molecule has 3 rings (SSSR count). The highest BCUT2D eigenvalue weighted by Crippen LogP contribution is 2.39. The first kappa shape index (κ1) is 34.0. The summed E-state index contributed by atoms with van der Waals surface area (Å²) in [6.45, 7) is 24.7. The fourth-order valence-electron chi connectivity index (χ4n) is 6.16. The Balaban J connectivity index is 0.00000361. The molecule has 0 aliphatic carbocycles. The summed E-state index contributed by atoms with van der Waals surface area (Å²) in [5.74, 6) is -0.370. The van der Waals surface area contributed by atoms with Crippen LogP contribution in [0.2, 0.25) is 0 Å². The van der Waals surface area contributed by atoms with Gasteiger partial charge in [0.05, 0.1) is 12.5 Å². The van der Waals surface area contributed by atoms with Crippen molar-refractivity contribution < 1.29 is 14.3 Å².